The molecule has 4 nitrogen and oxygen atoms in total. The number of rotatable bonds is 5. The van der Waals surface area contributed by atoms with E-state index in [0.29, 0.717) is 6.42 Å². The van der Waals surface area contributed by atoms with Gasteiger partial charge in [0, 0.05) is 30.9 Å². The van der Waals surface area contributed by atoms with E-state index in [9.17, 15) is 9.90 Å². The minimum absolute atomic E-state index is 0.0805. The Morgan fingerprint density at radius 1 is 1.38 bits per heavy atom. The number of amides is 1. The van der Waals surface area contributed by atoms with Gasteiger partial charge in [0.05, 0.1) is 5.56 Å². The molecule has 1 aromatic carbocycles. The van der Waals surface area contributed by atoms with E-state index >= 15 is 0 Å². The lowest BCUT2D eigenvalue weighted by Crippen LogP contribution is -2.44. The fourth-order valence-corrected chi connectivity index (χ4v) is 2.98. The molecule has 1 amide bonds. The van der Waals surface area contributed by atoms with Gasteiger partial charge < -0.3 is 15.3 Å². The number of para-hydroxylation sites is 1. The maximum absolute atomic E-state index is 12.9. The first-order valence-corrected chi connectivity index (χ1v) is 7.91. The fraction of sp³-hybridized carbons (Fsp3) is 0.588. The van der Waals surface area contributed by atoms with Gasteiger partial charge in [-0.05, 0) is 51.7 Å². The van der Waals surface area contributed by atoms with Crippen LogP contribution in [0.1, 0.15) is 49.9 Å². The van der Waals surface area contributed by atoms with Crippen molar-refractivity contribution >= 4 is 11.6 Å². The van der Waals surface area contributed by atoms with Crippen molar-refractivity contribution in [3.05, 3.63) is 29.8 Å². The lowest BCUT2D eigenvalue weighted by molar-refractivity contribution is 0.0575. The fourth-order valence-electron chi connectivity index (χ4n) is 2.98. The molecule has 1 aliphatic rings. The number of carbonyl (C=O) groups excluding carboxylic acids is 1. The SMILES string of the molecule is CC(C)Nc1ccccc1C(=O)N1CCCCC1CCO. The highest BCUT2D eigenvalue weighted by molar-refractivity contribution is 5.99. The molecule has 4 heteroatoms. The standard InChI is InChI=1S/C17H26N2O2/c1-13(2)18-16-9-4-3-8-15(16)17(21)19-11-6-5-7-14(19)10-12-20/h3-4,8-9,13-14,18,20H,5-7,10-12H2,1-2H3. The lowest BCUT2D eigenvalue weighted by Gasteiger charge is -2.36. The van der Waals surface area contributed by atoms with Crippen LogP contribution in [0.3, 0.4) is 0 Å². The highest BCUT2D eigenvalue weighted by atomic mass is 16.3. The van der Waals surface area contributed by atoms with Crippen LogP contribution in [0.4, 0.5) is 5.69 Å². The summed E-state index contributed by atoms with van der Waals surface area (Å²) in [6.07, 6.45) is 3.85. The molecule has 0 saturated carbocycles. The molecule has 1 fully saturated rings. The molecule has 1 aromatic rings. The predicted octanol–water partition coefficient (Wildman–Crippen LogP) is 2.88. The number of carbonyl (C=O) groups is 1. The number of nitrogens with one attached hydrogen (secondary N) is 1. The minimum Gasteiger partial charge on any atom is -0.396 e. The molecule has 0 spiro atoms. The summed E-state index contributed by atoms with van der Waals surface area (Å²) in [4.78, 5) is 14.8. The summed E-state index contributed by atoms with van der Waals surface area (Å²) in [6.45, 7) is 5.06. The Bertz CT molecular complexity index is 472. The quantitative estimate of drug-likeness (QED) is 0.876. The zero-order valence-electron chi connectivity index (χ0n) is 13.0. The summed E-state index contributed by atoms with van der Waals surface area (Å²) >= 11 is 0. The number of anilines is 1. The molecular formula is C17H26N2O2. The Balaban J connectivity index is 2.21. The summed E-state index contributed by atoms with van der Waals surface area (Å²) in [6, 6.07) is 8.15. The molecule has 0 bridgehead atoms. The third kappa shape index (κ3) is 3.97. The highest BCUT2D eigenvalue weighted by Gasteiger charge is 2.28. The van der Waals surface area contributed by atoms with E-state index in [0.717, 1.165) is 37.1 Å². The van der Waals surface area contributed by atoms with Crippen LogP contribution in [-0.2, 0) is 0 Å². The van der Waals surface area contributed by atoms with Crippen LogP contribution in [0.15, 0.2) is 24.3 Å². The van der Waals surface area contributed by atoms with Gasteiger partial charge in [-0.25, -0.2) is 0 Å². The van der Waals surface area contributed by atoms with Crippen LogP contribution < -0.4 is 5.32 Å². The van der Waals surface area contributed by atoms with Crippen molar-refractivity contribution in [2.24, 2.45) is 0 Å². The summed E-state index contributed by atoms with van der Waals surface area (Å²) in [7, 11) is 0. The Hall–Kier alpha value is -1.55. The third-order valence-electron chi connectivity index (χ3n) is 3.95. The van der Waals surface area contributed by atoms with E-state index in [-0.39, 0.29) is 24.6 Å². The molecule has 2 N–H and O–H groups in total. The van der Waals surface area contributed by atoms with Crippen molar-refractivity contribution in [3.8, 4) is 0 Å². The molecule has 2 rings (SSSR count). The number of likely N-dealkylation sites (tertiary alicyclic amines) is 1. The average molecular weight is 290 g/mol. The van der Waals surface area contributed by atoms with Crippen LogP contribution in [0, 0.1) is 0 Å². The second kappa shape index (κ2) is 7.46. The first-order chi connectivity index (χ1) is 10.1. The number of hydrogen-bond donors (Lipinski definition) is 2. The number of nitrogens with zero attached hydrogens (tertiary/aromatic N) is 1. The summed E-state index contributed by atoms with van der Waals surface area (Å²) in [5.74, 6) is 0.0805. The van der Waals surface area contributed by atoms with E-state index in [4.69, 9.17) is 0 Å². The van der Waals surface area contributed by atoms with Gasteiger partial charge in [0.2, 0.25) is 0 Å². The molecule has 21 heavy (non-hydrogen) atoms. The Kier molecular flexibility index (Phi) is 5.62. The molecule has 1 unspecified atom stereocenters. The van der Waals surface area contributed by atoms with E-state index in [1.165, 1.54) is 0 Å². The minimum atomic E-state index is 0.0805. The molecule has 1 aliphatic heterocycles. The zero-order chi connectivity index (χ0) is 15.2. The number of piperidine rings is 1. The van der Waals surface area contributed by atoms with Gasteiger partial charge in [-0.2, -0.15) is 0 Å². The van der Waals surface area contributed by atoms with E-state index in [1.54, 1.807) is 0 Å². The smallest absolute Gasteiger partial charge is 0.256 e. The zero-order valence-corrected chi connectivity index (χ0v) is 13.0. The van der Waals surface area contributed by atoms with Crippen LogP contribution in [0.5, 0.6) is 0 Å². The predicted molar refractivity (Wildman–Crippen MR) is 85.6 cm³/mol. The van der Waals surface area contributed by atoms with Gasteiger partial charge in [-0.15, -0.1) is 0 Å². The second-order valence-electron chi connectivity index (χ2n) is 6.01. The number of hydrogen-bond acceptors (Lipinski definition) is 3. The van der Waals surface area contributed by atoms with Gasteiger partial charge in [-0.1, -0.05) is 12.1 Å². The van der Waals surface area contributed by atoms with Crippen LogP contribution in [0.25, 0.3) is 0 Å². The monoisotopic (exact) mass is 290 g/mol. The summed E-state index contributed by atoms with van der Waals surface area (Å²) in [5.41, 5.74) is 1.63. The molecule has 116 valence electrons. The van der Waals surface area contributed by atoms with Crippen molar-refractivity contribution in [3.63, 3.8) is 0 Å². The average Bonchev–Trinajstić information content (AvgIpc) is 2.47. The van der Waals surface area contributed by atoms with E-state index < -0.39 is 0 Å². The van der Waals surface area contributed by atoms with Crippen molar-refractivity contribution in [1.82, 2.24) is 4.90 Å². The van der Waals surface area contributed by atoms with Crippen molar-refractivity contribution in [1.29, 1.82) is 0 Å². The molecule has 0 radical (unpaired) electrons. The maximum Gasteiger partial charge on any atom is 0.256 e. The molecule has 1 heterocycles. The van der Waals surface area contributed by atoms with E-state index in [1.807, 2.05) is 29.2 Å². The molecule has 0 aliphatic carbocycles. The normalized spacial score (nSPS) is 18.9. The molecule has 1 atom stereocenters. The largest absolute Gasteiger partial charge is 0.396 e. The van der Waals surface area contributed by atoms with Crippen molar-refractivity contribution in [2.45, 2.75) is 51.6 Å². The van der Waals surface area contributed by atoms with Gasteiger partial charge in [0.25, 0.3) is 5.91 Å². The number of benzene rings is 1. The van der Waals surface area contributed by atoms with Crippen molar-refractivity contribution < 1.29 is 9.90 Å². The topological polar surface area (TPSA) is 52.6 Å². The Morgan fingerprint density at radius 3 is 2.86 bits per heavy atom. The van der Waals surface area contributed by atoms with Crippen LogP contribution in [0.2, 0.25) is 0 Å². The lowest BCUT2D eigenvalue weighted by atomic mass is 9.98. The summed E-state index contributed by atoms with van der Waals surface area (Å²) < 4.78 is 0. The van der Waals surface area contributed by atoms with Gasteiger partial charge >= 0.3 is 0 Å². The van der Waals surface area contributed by atoms with Crippen molar-refractivity contribution in [2.75, 3.05) is 18.5 Å². The van der Waals surface area contributed by atoms with Gasteiger partial charge in [-0.3, -0.25) is 4.79 Å². The Labute approximate surface area is 127 Å². The maximum atomic E-state index is 12.9. The van der Waals surface area contributed by atoms with Gasteiger partial charge in [0.15, 0.2) is 0 Å². The first-order valence-electron chi connectivity index (χ1n) is 7.91. The number of aliphatic hydroxyl groups excluding tert-OH is 1. The highest BCUT2D eigenvalue weighted by Crippen LogP contribution is 2.25. The Morgan fingerprint density at radius 2 is 2.14 bits per heavy atom. The first kappa shape index (κ1) is 15.8. The molecule has 1 saturated heterocycles. The van der Waals surface area contributed by atoms with Crippen LogP contribution in [-0.4, -0.2) is 41.1 Å². The second-order valence-corrected chi connectivity index (χ2v) is 6.01. The van der Waals surface area contributed by atoms with Crippen LogP contribution >= 0.6 is 0 Å². The third-order valence-corrected chi connectivity index (χ3v) is 3.95. The van der Waals surface area contributed by atoms with E-state index in [2.05, 4.69) is 19.2 Å². The molecular weight excluding hydrogens is 264 g/mol. The number of aliphatic hydroxyl groups is 1. The summed E-state index contributed by atoms with van der Waals surface area (Å²) in [5, 5.41) is 12.6. The van der Waals surface area contributed by atoms with Gasteiger partial charge in [0.1, 0.15) is 0 Å². The molecule has 0 aromatic heterocycles.